The number of nitro groups is 1. The van der Waals surface area contributed by atoms with E-state index in [0.29, 0.717) is 22.4 Å². The molecule has 0 unspecified atom stereocenters. The number of nitrogens with zero attached hydrogens (tertiary/aromatic N) is 4. The van der Waals surface area contributed by atoms with Crippen LogP contribution in [0.2, 0.25) is 0 Å². The van der Waals surface area contributed by atoms with Crippen LogP contribution in [0.25, 0.3) is 5.69 Å². The number of amides is 1. The van der Waals surface area contributed by atoms with E-state index in [9.17, 15) is 14.9 Å². The third kappa shape index (κ3) is 6.10. The van der Waals surface area contributed by atoms with Crippen molar-refractivity contribution in [1.82, 2.24) is 20.1 Å². The maximum atomic E-state index is 13.6. The second-order valence-electron chi connectivity index (χ2n) is 9.20. The van der Waals surface area contributed by atoms with Crippen LogP contribution >= 0.6 is 11.8 Å². The average Bonchev–Trinajstić information content (AvgIpc) is 3.39. The van der Waals surface area contributed by atoms with Crippen molar-refractivity contribution >= 4 is 23.4 Å². The van der Waals surface area contributed by atoms with Crippen LogP contribution in [0.3, 0.4) is 0 Å². The van der Waals surface area contributed by atoms with Crippen molar-refractivity contribution in [2.75, 3.05) is 0 Å². The average molecular weight is 550 g/mol. The maximum Gasteiger partial charge on any atom is 0.269 e. The molecule has 40 heavy (non-hydrogen) atoms. The number of hydrogen-bond acceptors (Lipinski definition) is 6. The zero-order chi connectivity index (χ0) is 27.9. The quantitative estimate of drug-likeness (QED) is 0.126. The minimum absolute atomic E-state index is 0.00523. The molecule has 0 saturated carbocycles. The summed E-state index contributed by atoms with van der Waals surface area (Å²) >= 11 is 1.52. The van der Waals surface area contributed by atoms with Crippen molar-refractivity contribution in [3.05, 3.63) is 147 Å². The van der Waals surface area contributed by atoms with Crippen molar-refractivity contribution in [1.29, 1.82) is 0 Å². The molecule has 200 valence electrons. The van der Waals surface area contributed by atoms with Crippen molar-refractivity contribution in [3.8, 4) is 5.69 Å². The number of aryl methyl sites for hydroxylation is 1. The predicted molar refractivity (Wildman–Crippen MR) is 155 cm³/mol. The fourth-order valence-corrected chi connectivity index (χ4v) is 5.51. The summed E-state index contributed by atoms with van der Waals surface area (Å²) < 4.78 is 1.84. The van der Waals surface area contributed by atoms with Gasteiger partial charge in [0.25, 0.3) is 5.69 Å². The van der Waals surface area contributed by atoms with E-state index in [-0.39, 0.29) is 18.1 Å². The van der Waals surface area contributed by atoms with Crippen LogP contribution in [0.1, 0.15) is 34.0 Å². The topological polar surface area (TPSA) is 103 Å². The van der Waals surface area contributed by atoms with Crippen LogP contribution in [-0.4, -0.2) is 25.6 Å². The van der Waals surface area contributed by atoms with E-state index in [1.165, 1.54) is 35.0 Å². The Morgan fingerprint density at radius 2 is 1.48 bits per heavy atom. The van der Waals surface area contributed by atoms with Gasteiger partial charge in [-0.05, 0) is 41.3 Å². The molecule has 0 atom stereocenters. The summed E-state index contributed by atoms with van der Waals surface area (Å²) in [6.45, 7) is 2.19. The van der Waals surface area contributed by atoms with Gasteiger partial charge in [0.1, 0.15) is 0 Å². The number of thioether (sulfide) groups is 1. The Kier molecular flexibility index (Phi) is 8.32. The van der Waals surface area contributed by atoms with Gasteiger partial charge in [-0.1, -0.05) is 96.7 Å². The van der Waals surface area contributed by atoms with E-state index in [2.05, 4.69) is 34.6 Å². The molecule has 0 aliphatic heterocycles. The fraction of sp³-hybridized carbons (Fsp3) is 0.129. The number of carbonyl (C=O) groups excluding carboxylic acids is 1. The number of benzene rings is 4. The lowest BCUT2D eigenvalue weighted by Gasteiger charge is -2.18. The lowest BCUT2D eigenvalue weighted by atomic mass is 9.90. The van der Waals surface area contributed by atoms with Gasteiger partial charge in [-0.25, -0.2) is 0 Å². The minimum atomic E-state index is -0.493. The van der Waals surface area contributed by atoms with E-state index in [1.54, 1.807) is 12.1 Å². The highest BCUT2D eigenvalue weighted by molar-refractivity contribution is 7.98. The highest BCUT2D eigenvalue weighted by Crippen LogP contribution is 2.28. The van der Waals surface area contributed by atoms with Crippen LogP contribution in [0.4, 0.5) is 5.69 Å². The second kappa shape index (κ2) is 12.4. The molecule has 0 radical (unpaired) electrons. The Morgan fingerprint density at radius 1 is 0.875 bits per heavy atom. The number of rotatable bonds is 10. The molecule has 4 aromatic carbocycles. The molecular weight excluding hydrogens is 522 g/mol. The number of nitro benzene ring substituents is 1. The van der Waals surface area contributed by atoms with Gasteiger partial charge in [0, 0.05) is 23.6 Å². The van der Waals surface area contributed by atoms with Gasteiger partial charge in [-0.2, -0.15) is 0 Å². The maximum absolute atomic E-state index is 13.6. The van der Waals surface area contributed by atoms with Gasteiger partial charge in [0.05, 0.1) is 17.4 Å². The van der Waals surface area contributed by atoms with Gasteiger partial charge in [0.15, 0.2) is 11.0 Å². The number of hydrogen-bond donors (Lipinski definition) is 1. The Labute approximate surface area is 236 Å². The highest BCUT2D eigenvalue weighted by atomic mass is 32.2. The largest absolute Gasteiger partial charge is 0.348 e. The molecule has 1 aromatic heterocycles. The van der Waals surface area contributed by atoms with Crippen molar-refractivity contribution in [3.63, 3.8) is 0 Å². The van der Waals surface area contributed by atoms with Crippen LogP contribution in [0, 0.1) is 17.0 Å². The zero-order valence-electron chi connectivity index (χ0n) is 21.8. The van der Waals surface area contributed by atoms with Gasteiger partial charge in [0.2, 0.25) is 5.91 Å². The first-order valence-electron chi connectivity index (χ1n) is 12.8. The fourth-order valence-electron chi connectivity index (χ4n) is 4.46. The molecule has 9 heteroatoms. The van der Waals surface area contributed by atoms with E-state index in [0.717, 1.165) is 11.1 Å². The van der Waals surface area contributed by atoms with Crippen molar-refractivity contribution in [2.45, 2.75) is 30.3 Å². The van der Waals surface area contributed by atoms with E-state index in [1.807, 2.05) is 77.4 Å². The molecule has 5 aromatic rings. The molecule has 0 spiro atoms. The van der Waals surface area contributed by atoms with Crippen LogP contribution < -0.4 is 5.32 Å². The van der Waals surface area contributed by atoms with E-state index in [4.69, 9.17) is 0 Å². The molecule has 0 aliphatic rings. The van der Waals surface area contributed by atoms with Crippen LogP contribution in [-0.2, 0) is 17.1 Å². The third-order valence-electron chi connectivity index (χ3n) is 6.59. The summed E-state index contributed by atoms with van der Waals surface area (Å²) in [6.07, 6.45) is 0. The van der Waals surface area contributed by atoms with Gasteiger partial charge in [-0.15, -0.1) is 10.2 Å². The lowest BCUT2D eigenvalue weighted by Crippen LogP contribution is -2.30. The highest BCUT2D eigenvalue weighted by Gasteiger charge is 2.24. The SMILES string of the molecule is Cc1ccccc1CSc1nnc(CNC(=O)C(c2ccccc2)c2ccccc2)n1-c1ccc([N+](=O)[O-])cc1. The lowest BCUT2D eigenvalue weighted by molar-refractivity contribution is -0.384. The van der Waals surface area contributed by atoms with E-state index >= 15 is 0 Å². The van der Waals surface area contributed by atoms with Crippen LogP contribution in [0.5, 0.6) is 0 Å². The molecule has 1 N–H and O–H groups in total. The summed E-state index contributed by atoms with van der Waals surface area (Å²) in [6, 6.07) is 33.7. The third-order valence-corrected chi connectivity index (χ3v) is 7.56. The molecule has 0 bridgehead atoms. The van der Waals surface area contributed by atoms with E-state index < -0.39 is 10.8 Å². The molecule has 8 nitrogen and oxygen atoms in total. The first-order valence-corrected chi connectivity index (χ1v) is 13.7. The summed E-state index contributed by atoms with van der Waals surface area (Å²) in [4.78, 5) is 24.4. The Hall–Kier alpha value is -4.76. The molecule has 0 aliphatic carbocycles. The second-order valence-corrected chi connectivity index (χ2v) is 10.1. The number of non-ortho nitro benzene ring substituents is 1. The monoisotopic (exact) mass is 549 g/mol. The standard InChI is InChI=1S/C31H27N5O3S/c1-22-10-8-9-15-25(22)21-40-31-34-33-28(35(31)26-16-18-27(19-17-26)36(38)39)20-32-30(37)29(23-11-4-2-5-12-23)24-13-6-3-7-14-24/h2-19,29H,20-21H2,1H3,(H,32,37). The molecular formula is C31H27N5O3S. The normalized spacial score (nSPS) is 10.9. The molecule has 1 heterocycles. The molecule has 1 amide bonds. The summed E-state index contributed by atoms with van der Waals surface area (Å²) in [7, 11) is 0. The van der Waals surface area contributed by atoms with Crippen LogP contribution in [0.15, 0.2) is 114 Å². The molecule has 0 fully saturated rings. The van der Waals surface area contributed by atoms with Gasteiger partial charge < -0.3 is 5.32 Å². The molecule has 0 saturated heterocycles. The Morgan fingerprint density at radius 3 is 2.08 bits per heavy atom. The van der Waals surface area contributed by atoms with Gasteiger partial charge in [-0.3, -0.25) is 19.5 Å². The summed E-state index contributed by atoms with van der Waals surface area (Å²) in [5.41, 5.74) is 4.80. The summed E-state index contributed by atoms with van der Waals surface area (Å²) in [5, 5.41) is 23.7. The first kappa shape index (κ1) is 26.8. The zero-order valence-corrected chi connectivity index (χ0v) is 22.6. The molecule has 5 rings (SSSR count). The minimum Gasteiger partial charge on any atom is -0.348 e. The smallest absolute Gasteiger partial charge is 0.269 e. The number of nitrogens with one attached hydrogen (secondary N) is 1. The first-order chi connectivity index (χ1) is 19.5. The summed E-state index contributed by atoms with van der Waals surface area (Å²) in [5.74, 6) is 0.543. The number of aromatic nitrogens is 3. The number of carbonyl (C=O) groups is 1. The Balaban J connectivity index is 1.43. The Bertz CT molecular complexity index is 1570. The van der Waals surface area contributed by atoms with Crippen molar-refractivity contribution < 1.29 is 9.72 Å². The predicted octanol–water partition coefficient (Wildman–Crippen LogP) is 6.22. The van der Waals surface area contributed by atoms with Gasteiger partial charge >= 0.3 is 0 Å². The van der Waals surface area contributed by atoms with Crippen molar-refractivity contribution in [2.24, 2.45) is 0 Å².